The van der Waals surface area contributed by atoms with E-state index >= 15 is 0 Å². The molecule has 428 valence electrons. The van der Waals surface area contributed by atoms with E-state index in [1.807, 2.05) is 21.1 Å². The summed E-state index contributed by atoms with van der Waals surface area (Å²) >= 11 is 0. The molecule has 0 saturated heterocycles. The van der Waals surface area contributed by atoms with Gasteiger partial charge >= 0.3 is 7.82 Å². The fraction of sp³-hybridized carbons (Fsp3) is 0.921. The summed E-state index contributed by atoms with van der Waals surface area (Å²) in [7, 11) is 1.62. The van der Waals surface area contributed by atoms with Gasteiger partial charge in [-0.15, -0.1) is 0 Å². The highest BCUT2D eigenvalue weighted by atomic mass is 31.2. The van der Waals surface area contributed by atoms with Crippen LogP contribution in [0.25, 0.3) is 0 Å². The third kappa shape index (κ3) is 56.7. The Morgan fingerprint density at radius 1 is 0.472 bits per heavy atom. The molecule has 1 amide bonds. The highest BCUT2D eigenvalue weighted by Gasteiger charge is 2.28. The number of unbranched alkanes of at least 4 members (excludes halogenated alkanes) is 42. The number of aliphatic hydroxyl groups is 1. The molecule has 8 nitrogen and oxygen atoms in total. The molecule has 3 atom stereocenters. The lowest BCUT2D eigenvalue weighted by molar-refractivity contribution is -0.870. The molecule has 0 radical (unpaired) electrons. The fourth-order valence-corrected chi connectivity index (χ4v) is 10.5. The van der Waals surface area contributed by atoms with Crippen molar-refractivity contribution in [2.75, 3.05) is 40.9 Å². The number of hydrogen-bond donors (Lipinski definition) is 3. The molecule has 3 N–H and O–H groups in total. The minimum atomic E-state index is -4.33. The Labute approximate surface area is 449 Å². The zero-order valence-corrected chi connectivity index (χ0v) is 49.8. The first-order valence-electron chi connectivity index (χ1n) is 31.7. The van der Waals surface area contributed by atoms with Crippen LogP contribution in [0.4, 0.5) is 0 Å². The van der Waals surface area contributed by atoms with Gasteiger partial charge in [0.05, 0.1) is 39.9 Å². The van der Waals surface area contributed by atoms with E-state index in [1.165, 1.54) is 250 Å². The molecule has 0 spiro atoms. The average molecular weight is 1040 g/mol. The van der Waals surface area contributed by atoms with Gasteiger partial charge in [-0.05, 0) is 44.9 Å². The number of aliphatic hydroxyl groups excluding tert-OH is 1. The van der Waals surface area contributed by atoms with Gasteiger partial charge in [0.1, 0.15) is 13.2 Å². The second-order valence-corrected chi connectivity index (χ2v) is 24.6. The maximum atomic E-state index is 13.0. The van der Waals surface area contributed by atoms with E-state index in [-0.39, 0.29) is 19.1 Å². The number of rotatable bonds is 59. The van der Waals surface area contributed by atoms with Crippen LogP contribution in [-0.4, -0.2) is 73.4 Å². The lowest BCUT2D eigenvalue weighted by Gasteiger charge is -2.26. The Balaban J connectivity index is 4.03. The van der Waals surface area contributed by atoms with Gasteiger partial charge in [0.25, 0.3) is 0 Å². The largest absolute Gasteiger partial charge is 0.472 e. The van der Waals surface area contributed by atoms with Crippen molar-refractivity contribution in [1.82, 2.24) is 5.32 Å². The second kappa shape index (κ2) is 54.8. The number of hydrogen-bond acceptors (Lipinski definition) is 5. The molecule has 0 aliphatic rings. The summed E-state index contributed by atoms with van der Waals surface area (Å²) in [6.45, 7) is 4.91. The molecule has 0 aromatic heterocycles. The number of carbonyl (C=O) groups is 1. The first kappa shape index (κ1) is 71.0. The van der Waals surface area contributed by atoms with E-state index in [0.717, 1.165) is 44.9 Å². The van der Waals surface area contributed by atoms with Crippen LogP contribution >= 0.6 is 7.82 Å². The molecular formula is C63H126N2O6P+. The highest BCUT2D eigenvalue weighted by molar-refractivity contribution is 7.47. The van der Waals surface area contributed by atoms with Crippen molar-refractivity contribution in [2.45, 2.75) is 334 Å². The summed E-state index contributed by atoms with van der Waals surface area (Å²) in [5.74, 6) is -0.144. The predicted molar refractivity (Wildman–Crippen MR) is 314 cm³/mol. The molecule has 0 bridgehead atoms. The number of phosphoric ester groups is 1. The molecule has 0 aromatic carbocycles. The molecule has 0 saturated carbocycles. The van der Waals surface area contributed by atoms with Gasteiger partial charge in [-0.3, -0.25) is 13.8 Å². The molecule has 0 aliphatic heterocycles. The maximum Gasteiger partial charge on any atom is 0.472 e. The van der Waals surface area contributed by atoms with Crippen LogP contribution < -0.4 is 5.32 Å². The van der Waals surface area contributed by atoms with Crippen LogP contribution in [-0.2, 0) is 18.4 Å². The van der Waals surface area contributed by atoms with Gasteiger partial charge in [-0.25, -0.2) is 4.57 Å². The van der Waals surface area contributed by atoms with E-state index < -0.39 is 20.0 Å². The third-order valence-corrected chi connectivity index (χ3v) is 15.7. The fourth-order valence-electron chi connectivity index (χ4n) is 9.73. The van der Waals surface area contributed by atoms with Crippen LogP contribution in [0.3, 0.4) is 0 Å². The Hall–Kier alpha value is -1.02. The van der Waals surface area contributed by atoms with Gasteiger partial charge in [0.2, 0.25) is 5.91 Å². The Morgan fingerprint density at radius 2 is 0.792 bits per heavy atom. The third-order valence-electron chi connectivity index (χ3n) is 14.7. The molecule has 3 unspecified atom stereocenters. The van der Waals surface area contributed by atoms with Crippen molar-refractivity contribution in [3.8, 4) is 0 Å². The normalized spacial score (nSPS) is 13.9. The SMILES string of the molecule is CCCCC/C=C\C/C=C\CCCCCCCCCCCC(=O)NC(COP(=O)(O)OCC[N+](C)(C)C)C(O)CCCCCCCCCCCCCCCCCCCCCCCCCCCCCCCCC. The molecule has 0 rings (SSSR count). The van der Waals surface area contributed by atoms with Crippen molar-refractivity contribution < 1.29 is 32.9 Å². The van der Waals surface area contributed by atoms with E-state index in [9.17, 15) is 19.4 Å². The topological polar surface area (TPSA) is 105 Å². The van der Waals surface area contributed by atoms with Crippen molar-refractivity contribution in [3.05, 3.63) is 24.3 Å². The van der Waals surface area contributed by atoms with Crippen molar-refractivity contribution in [1.29, 1.82) is 0 Å². The quantitative estimate of drug-likeness (QED) is 0.0243. The standard InChI is InChI=1S/C63H125N2O6P/c1-6-8-10-12-14-16-18-20-22-24-26-27-28-29-30-31-32-33-34-35-36-37-39-40-42-44-46-48-50-52-54-56-62(66)61(60-71-72(68,69)70-59-58-65(3,4)5)64-63(67)57-55-53-51-49-47-45-43-41-38-25-23-21-19-17-15-13-11-9-7-2/h15,17,21,23,61-62,66H,6-14,16,18-20,22,24-60H2,1-5H3,(H-,64,67,68,69)/p+1/b17-15-,23-21-. The summed E-state index contributed by atoms with van der Waals surface area (Å²) in [4.78, 5) is 23.4. The zero-order valence-electron chi connectivity index (χ0n) is 48.9. The van der Waals surface area contributed by atoms with E-state index in [2.05, 4.69) is 43.5 Å². The summed E-state index contributed by atoms with van der Waals surface area (Å²) in [5.41, 5.74) is 0. The Kier molecular flexibility index (Phi) is 54.0. The van der Waals surface area contributed by atoms with Gasteiger partial charge in [-0.1, -0.05) is 295 Å². The lowest BCUT2D eigenvalue weighted by Crippen LogP contribution is -2.46. The van der Waals surface area contributed by atoms with Crippen molar-refractivity contribution in [2.24, 2.45) is 0 Å². The van der Waals surface area contributed by atoms with Gasteiger partial charge in [0.15, 0.2) is 0 Å². The molecule has 9 heteroatoms. The van der Waals surface area contributed by atoms with Crippen LogP contribution in [0, 0.1) is 0 Å². The number of allylic oxidation sites excluding steroid dienone is 4. The number of nitrogens with one attached hydrogen (secondary N) is 1. The summed E-state index contributed by atoms with van der Waals surface area (Å²) in [6.07, 6.45) is 69.7. The van der Waals surface area contributed by atoms with Gasteiger partial charge < -0.3 is 19.8 Å². The number of likely N-dealkylation sites (N-methyl/N-ethyl adjacent to an activating group) is 1. The Bertz CT molecular complexity index is 1220. The summed E-state index contributed by atoms with van der Waals surface area (Å²) in [6, 6.07) is -0.763. The van der Waals surface area contributed by atoms with Gasteiger partial charge in [-0.2, -0.15) is 0 Å². The Morgan fingerprint density at radius 3 is 1.17 bits per heavy atom. The van der Waals surface area contributed by atoms with E-state index in [1.54, 1.807) is 0 Å². The first-order chi connectivity index (χ1) is 35.0. The van der Waals surface area contributed by atoms with Crippen LogP contribution in [0.2, 0.25) is 0 Å². The monoisotopic (exact) mass is 1040 g/mol. The second-order valence-electron chi connectivity index (χ2n) is 23.1. The maximum absolute atomic E-state index is 13.0. The number of quaternary nitrogens is 1. The average Bonchev–Trinajstić information content (AvgIpc) is 3.34. The minimum Gasteiger partial charge on any atom is -0.391 e. The van der Waals surface area contributed by atoms with Crippen LogP contribution in [0.15, 0.2) is 24.3 Å². The lowest BCUT2D eigenvalue weighted by atomic mass is 10.0. The van der Waals surface area contributed by atoms with Gasteiger partial charge in [0, 0.05) is 6.42 Å². The van der Waals surface area contributed by atoms with Crippen molar-refractivity contribution >= 4 is 13.7 Å². The molecule has 72 heavy (non-hydrogen) atoms. The highest BCUT2D eigenvalue weighted by Crippen LogP contribution is 2.43. The molecular weight excluding hydrogens is 912 g/mol. The van der Waals surface area contributed by atoms with E-state index in [4.69, 9.17) is 9.05 Å². The number of phosphoric acid groups is 1. The summed E-state index contributed by atoms with van der Waals surface area (Å²) < 4.78 is 23.8. The van der Waals surface area contributed by atoms with E-state index in [0.29, 0.717) is 23.9 Å². The predicted octanol–water partition coefficient (Wildman–Crippen LogP) is 19.5. The molecule has 0 aromatic rings. The first-order valence-corrected chi connectivity index (χ1v) is 33.2. The molecule has 0 fully saturated rings. The molecule has 0 heterocycles. The number of carbonyl (C=O) groups excluding carboxylic acids is 1. The zero-order chi connectivity index (χ0) is 52.7. The number of nitrogens with zero attached hydrogens (tertiary/aromatic N) is 1. The minimum absolute atomic E-state index is 0.0751. The molecule has 0 aliphatic carbocycles. The number of amides is 1. The van der Waals surface area contributed by atoms with Crippen LogP contribution in [0.1, 0.15) is 322 Å². The van der Waals surface area contributed by atoms with Crippen LogP contribution in [0.5, 0.6) is 0 Å². The smallest absolute Gasteiger partial charge is 0.391 e. The van der Waals surface area contributed by atoms with Crippen molar-refractivity contribution in [3.63, 3.8) is 0 Å². The summed E-state index contributed by atoms with van der Waals surface area (Å²) in [5, 5.41) is 14.1.